The van der Waals surface area contributed by atoms with Gasteiger partial charge in [0.25, 0.3) is 0 Å². The van der Waals surface area contributed by atoms with E-state index in [1.54, 1.807) is 4.80 Å². The van der Waals surface area contributed by atoms with E-state index in [1.165, 1.54) is 65.5 Å². The minimum Gasteiger partial charge on any atom is -0.387 e. The lowest BCUT2D eigenvalue weighted by atomic mass is 9.85. The second kappa shape index (κ2) is 11.0. The lowest BCUT2D eigenvalue weighted by molar-refractivity contribution is 0.771. The van der Waals surface area contributed by atoms with Crippen LogP contribution in [-0.4, -0.2) is 21.5 Å². The summed E-state index contributed by atoms with van der Waals surface area (Å²) in [5.41, 5.74) is 10.0. The third-order valence-electron chi connectivity index (χ3n) is 9.93. The molecule has 1 aromatic heterocycles. The first-order valence-electron chi connectivity index (χ1n) is 16.7. The van der Waals surface area contributed by atoms with Crippen LogP contribution in [0.25, 0.3) is 87.6 Å². The number of benzene rings is 8. The number of hydrogen-bond acceptors (Lipinski definition) is 3. The van der Waals surface area contributed by atoms with E-state index in [4.69, 9.17) is 10.2 Å². The van der Waals surface area contributed by atoms with Crippen molar-refractivity contribution in [3.05, 3.63) is 170 Å². The van der Waals surface area contributed by atoms with Crippen molar-refractivity contribution >= 4 is 59.7 Å². The molecular formula is C45H30N4. The smallest absolute Gasteiger partial charge is 0.114 e. The van der Waals surface area contributed by atoms with Gasteiger partial charge >= 0.3 is 0 Å². The first-order valence-corrected chi connectivity index (χ1v) is 16.7. The van der Waals surface area contributed by atoms with Gasteiger partial charge in [0, 0.05) is 11.9 Å². The zero-order valence-electron chi connectivity index (χ0n) is 26.6. The maximum atomic E-state index is 5.09. The van der Waals surface area contributed by atoms with Crippen molar-refractivity contribution < 1.29 is 0 Å². The third-order valence-corrected chi connectivity index (χ3v) is 9.93. The molecule has 0 amide bonds. The summed E-state index contributed by atoms with van der Waals surface area (Å²) in [6.45, 7) is 0.804. The van der Waals surface area contributed by atoms with Crippen LogP contribution in [0, 0.1) is 0 Å². The highest BCUT2D eigenvalue weighted by Gasteiger charge is 2.19. The van der Waals surface area contributed by atoms with Gasteiger partial charge in [-0.25, -0.2) is 0 Å². The predicted octanol–water partition coefficient (Wildman–Crippen LogP) is 10.9. The number of dihydropyridines is 1. The molecule has 0 bridgehead atoms. The molecule has 0 radical (unpaired) electrons. The van der Waals surface area contributed by atoms with Gasteiger partial charge in [-0.2, -0.15) is 0 Å². The molecule has 0 aliphatic carbocycles. The fraction of sp³-hybridized carbons (Fsp3) is 0.0222. The molecule has 0 fully saturated rings. The summed E-state index contributed by atoms with van der Waals surface area (Å²) >= 11 is 0. The monoisotopic (exact) mass is 626 g/mol. The molecule has 2 heterocycles. The van der Waals surface area contributed by atoms with Crippen molar-refractivity contribution in [3.8, 4) is 27.9 Å². The quantitative estimate of drug-likeness (QED) is 0.198. The van der Waals surface area contributed by atoms with Crippen LogP contribution in [0.5, 0.6) is 0 Å². The minimum atomic E-state index is 0.804. The second-order valence-corrected chi connectivity index (χ2v) is 12.7. The summed E-state index contributed by atoms with van der Waals surface area (Å²) < 4.78 is 0. The Labute approximate surface area is 283 Å². The lowest BCUT2D eigenvalue weighted by Gasteiger charge is -2.18. The molecule has 0 atom stereocenters. The van der Waals surface area contributed by atoms with Gasteiger partial charge in [0.05, 0.1) is 5.69 Å². The molecule has 0 unspecified atom stereocenters. The molecule has 8 aromatic carbocycles. The van der Waals surface area contributed by atoms with Crippen molar-refractivity contribution in [1.82, 2.24) is 20.3 Å². The fourth-order valence-corrected chi connectivity index (χ4v) is 7.73. The second-order valence-electron chi connectivity index (χ2n) is 12.7. The van der Waals surface area contributed by atoms with Gasteiger partial charge in [0.15, 0.2) is 0 Å². The first kappa shape index (κ1) is 27.6. The largest absolute Gasteiger partial charge is 0.387 e. The molecule has 49 heavy (non-hydrogen) atoms. The van der Waals surface area contributed by atoms with E-state index in [2.05, 4.69) is 163 Å². The van der Waals surface area contributed by atoms with Crippen LogP contribution in [0.3, 0.4) is 0 Å². The molecule has 1 N–H and O–H groups in total. The van der Waals surface area contributed by atoms with Gasteiger partial charge < -0.3 is 5.32 Å². The maximum absolute atomic E-state index is 5.09. The molecule has 4 heteroatoms. The minimum absolute atomic E-state index is 0.804. The molecule has 4 nitrogen and oxygen atoms in total. The summed E-state index contributed by atoms with van der Waals surface area (Å²) in [5, 5.41) is 23.1. The Morgan fingerprint density at radius 1 is 0.490 bits per heavy atom. The van der Waals surface area contributed by atoms with Crippen LogP contribution in [-0.2, 0) is 0 Å². The van der Waals surface area contributed by atoms with Crippen molar-refractivity contribution in [2.75, 3.05) is 6.54 Å². The lowest BCUT2D eigenvalue weighted by Crippen LogP contribution is -2.12. The summed E-state index contributed by atoms with van der Waals surface area (Å²) in [6, 6.07) is 52.3. The molecule has 0 saturated heterocycles. The standard InChI is InChI=1S/C45H30N4/c1-2-14-32-29(11-1)12-9-21-36(32)45-39-19-7-5-17-37(39)44(38-18-6-8-20-40(38)45)30-22-24-41-42(27-30)48-49(47-41)43-25-23-33(31-13-10-26-46-28-31)34-15-3-4-16-35(34)43/h1-27,46H,28H2. The van der Waals surface area contributed by atoms with E-state index in [0.29, 0.717) is 0 Å². The summed E-state index contributed by atoms with van der Waals surface area (Å²) in [7, 11) is 0. The molecular weight excluding hydrogens is 597 g/mol. The molecule has 1 aliphatic rings. The maximum Gasteiger partial charge on any atom is 0.114 e. The number of rotatable bonds is 4. The van der Waals surface area contributed by atoms with Gasteiger partial charge in [-0.15, -0.1) is 15.0 Å². The molecule has 10 rings (SSSR count). The Morgan fingerprint density at radius 3 is 1.86 bits per heavy atom. The Kier molecular flexibility index (Phi) is 6.21. The molecule has 0 spiro atoms. The number of allylic oxidation sites excluding steroid dienone is 2. The van der Waals surface area contributed by atoms with E-state index in [-0.39, 0.29) is 0 Å². The van der Waals surface area contributed by atoms with Crippen molar-refractivity contribution in [2.24, 2.45) is 0 Å². The van der Waals surface area contributed by atoms with Crippen LogP contribution in [0.2, 0.25) is 0 Å². The van der Waals surface area contributed by atoms with E-state index >= 15 is 0 Å². The Bertz CT molecular complexity index is 2780. The average molecular weight is 627 g/mol. The highest BCUT2D eigenvalue weighted by atomic mass is 15.5. The van der Waals surface area contributed by atoms with Gasteiger partial charge in [-0.1, -0.05) is 133 Å². The van der Waals surface area contributed by atoms with Crippen molar-refractivity contribution in [2.45, 2.75) is 0 Å². The zero-order valence-corrected chi connectivity index (χ0v) is 26.6. The van der Waals surface area contributed by atoms with E-state index in [1.807, 2.05) is 6.20 Å². The van der Waals surface area contributed by atoms with Crippen LogP contribution >= 0.6 is 0 Å². The topological polar surface area (TPSA) is 42.7 Å². The van der Waals surface area contributed by atoms with Gasteiger partial charge in [-0.3, -0.25) is 0 Å². The number of aromatic nitrogens is 3. The van der Waals surface area contributed by atoms with E-state index in [0.717, 1.165) is 34.2 Å². The normalized spacial score (nSPS) is 13.0. The SMILES string of the molecule is C1=CNCC(c2ccc(-n3nc4ccc(-c5c6ccccc6c(-c6cccc7ccccc67)c6ccccc56)cc4n3)c3ccccc23)=C1. The molecule has 9 aromatic rings. The van der Waals surface area contributed by atoms with E-state index < -0.39 is 0 Å². The summed E-state index contributed by atoms with van der Waals surface area (Å²) in [4.78, 5) is 1.80. The highest BCUT2D eigenvalue weighted by molar-refractivity contribution is 6.23. The molecule has 0 saturated carbocycles. The van der Waals surface area contributed by atoms with Gasteiger partial charge in [0.2, 0.25) is 0 Å². The predicted molar refractivity (Wildman–Crippen MR) is 205 cm³/mol. The summed E-state index contributed by atoms with van der Waals surface area (Å²) in [5.74, 6) is 0. The fourth-order valence-electron chi connectivity index (χ4n) is 7.73. The average Bonchev–Trinajstić information content (AvgIpc) is 3.60. The van der Waals surface area contributed by atoms with Crippen LogP contribution in [0.15, 0.2) is 164 Å². The first-order chi connectivity index (χ1) is 24.3. The zero-order chi connectivity index (χ0) is 32.3. The van der Waals surface area contributed by atoms with Crippen LogP contribution < -0.4 is 5.32 Å². The van der Waals surface area contributed by atoms with Gasteiger partial charge in [0.1, 0.15) is 11.0 Å². The number of fused-ring (bicyclic) bond motifs is 5. The number of nitrogens with one attached hydrogen (secondary N) is 1. The summed E-state index contributed by atoms with van der Waals surface area (Å²) in [6.07, 6.45) is 6.23. The van der Waals surface area contributed by atoms with Crippen LogP contribution in [0.1, 0.15) is 5.56 Å². The Balaban J connectivity index is 1.17. The van der Waals surface area contributed by atoms with Crippen molar-refractivity contribution in [3.63, 3.8) is 0 Å². The third kappa shape index (κ3) is 4.38. The Hall–Kier alpha value is -6.52. The van der Waals surface area contributed by atoms with Crippen molar-refractivity contribution in [1.29, 1.82) is 0 Å². The van der Waals surface area contributed by atoms with E-state index in [9.17, 15) is 0 Å². The Morgan fingerprint density at radius 2 is 1.12 bits per heavy atom. The molecule has 230 valence electrons. The van der Waals surface area contributed by atoms with Crippen LogP contribution in [0.4, 0.5) is 0 Å². The highest BCUT2D eigenvalue weighted by Crippen LogP contribution is 2.45. The van der Waals surface area contributed by atoms with Gasteiger partial charge in [-0.05, 0) is 102 Å². The number of nitrogens with zero attached hydrogens (tertiary/aromatic N) is 3. The number of hydrogen-bond donors (Lipinski definition) is 1. The molecule has 1 aliphatic heterocycles.